The first-order valence-corrected chi connectivity index (χ1v) is 5.46. The zero-order chi connectivity index (χ0) is 9.52. The molecule has 1 aliphatic rings. The number of morpholine rings is 1. The fourth-order valence-electron chi connectivity index (χ4n) is 1.25. The van der Waals surface area contributed by atoms with Gasteiger partial charge in [-0.05, 0) is 6.42 Å². The van der Waals surface area contributed by atoms with Crippen LogP contribution in [0.25, 0.3) is 0 Å². The van der Waals surface area contributed by atoms with Crippen molar-refractivity contribution in [3.63, 3.8) is 0 Å². The molecule has 0 amide bonds. The van der Waals surface area contributed by atoms with Crippen molar-refractivity contribution in [2.45, 2.75) is 6.42 Å². The van der Waals surface area contributed by atoms with Crippen LogP contribution in [0.15, 0.2) is 0 Å². The van der Waals surface area contributed by atoms with Crippen molar-refractivity contribution < 1.29 is 17.3 Å². The van der Waals surface area contributed by atoms with E-state index in [0.717, 1.165) is 39.3 Å². The van der Waals surface area contributed by atoms with Gasteiger partial charge >= 0.3 is 29.6 Å². The molecule has 1 aliphatic heterocycles. The summed E-state index contributed by atoms with van der Waals surface area (Å²) in [6.07, 6.45) is 0.753. The van der Waals surface area contributed by atoms with E-state index in [4.69, 9.17) is 4.74 Å². The van der Waals surface area contributed by atoms with Crippen LogP contribution in [0.5, 0.6) is 0 Å². The molecular weight excluding hydrogens is 217 g/mol. The molecule has 0 unspecified atom stereocenters. The summed E-state index contributed by atoms with van der Waals surface area (Å²) in [5, 5.41) is 0. The maximum absolute atomic E-state index is 10.0. The summed E-state index contributed by atoms with van der Waals surface area (Å²) >= 11 is 0. The molecule has 7 heteroatoms. The summed E-state index contributed by atoms with van der Waals surface area (Å²) in [6, 6.07) is 0. The minimum atomic E-state index is -2.67. The topological polar surface area (TPSA) is 55.8 Å². The van der Waals surface area contributed by atoms with Gasteiger partial charge in [0.15, 0.2) is 0 Å². The Labute approximate surface area is 108 Å². The van der Waals surface area contributed by atoms with E-state index >= 15 is 0 Å². The quantitative estimate of drug-likeness (QED) is 0.360. The van der Waals surface area contributed by atoms with Crippen LogP contribution in [0.4, 0.5) is 0 Å². The molecule has 80 valence electrons. The van der Waals surface area contributed by atoms with Crippen LogP contribution in [-0.2, 0) is 19.9 Å². The first-order valence-electron chi connectivity index (χ1n) is 4.36. The van der Waals surface area contributed by atoms with Crippen LogP contribution in [0, 0.1) is 0 Å². The zero-order valence-corrected chi connectivity index (χ0v) is 8.37. The number of thiol groups is 1. The standard InChI is InChI=1S/C7H15NO4S.Na.H/c9-13(10)12-5-1-2-8-3-6-11-7-4-8;;/h13H,1-7H2;;. The molecule has 1 rings (SSSR count). The van der Waals surface area contributed by atoms with Crippen LogP contribution in [0.1, 0.15) is 6.42 Å². The van der Waals surface area contributed by atoms with E-state index < -0.39 is 11.0 Å². The van der Waals surface area contributed by atoms with Crippen molar-refractivity contribution in [1.82, 2.24) is 4.90 Å². The first kappa shape index (κ1) is 14.8. The monoisotopic (exact) mass is 233 g/mol. The predicted molar refractivity (Wildman–Crippen MR) is 55.3 cm³/mol. The number of nitrogens with zero attached hydrogens (tertiary/aromatic N) is 1. The van der Waals surface area contributed by atoms with Crippen LogP contribution >= 0.6 is 0 Å². The average Bonchev–Trinajstić information content (AvgIpc) is 2.14. The number of hydrogen-bond donors (Lipinski definition) is 1. The molecule has 0 atom stereocenters. The van der Waals surface area contributed by atoms with Crippen LogP contribution in [-0.4, -0.2) is 82.3 Å². The fraction of sp³-hybridized carbons (Fsp3) is 1.00. The first-order chi connectivity index (χ1) is 6.29. The minimum absolute atomic E-state index is 0. The van der Waals surface area contributed by atoms with Gasteiger partial charge < -0.3 is 4.74 Å². The van der Waals surface area contributed by atoms with E-state index in [9.17, 15) is 8.42 Å². The molecule has 0 aromatic carbocycles. The Morgan fingerprint density at radius 2 is 1.93 bits per heavy atom. The van der Waals surface area contributed by atoms with Crippen molar-refractivity contribution in [3.05, 3.63) is 0 Å². The van der Waals surface area contributed by atoms with Gasteiger partial charge in [0.25, 0.3) is 11.0 Å². The molecule has 0 aromatic heterocycles. The summed E-state index contributed by atoms with van der Waals surface area (Å²) in [4.78, 5) is 2.24. The van der Waals surface area contributed by atoms with Crippen LogP contribution in [0.3, 0.4) is 0 Å². The molecule has 0 N–H and O–H groups in total. The van der Waals surface area contributed by atoms with E-state index in [0.29, 0.717) is 0 Å². The Morgan fingerprint density at radius 1 is 1.29 bits per heavy atom. The molecule has 0 aromatic rings. The Hall–Kier alpha value is 0.830. The molecule has 0 bridgehead atoms. The van der Waals surface area contributed by atoms with Crippen molar-refractivity contribution in [2.24, 2.45) is 0 Å². The molecule has 1 saturated heterocycles. The van der Waals surface area contributed by atoms with Gasteiger partial charge in [0, 0.05) is 19.6 Å². The van der Waals surface area contributed by atoms with Gasteiger partial charge in [0.2, 0.25) is 0 Å². The molecular formula is C7H16NNaO4S. The summed E-state index contributed by atoms with van der Waals surface area (Å²) in [5.74, 6) is 0. The number of ether oxygens (including phenoxy) is 1. The van der Waals surface area contributed by atoms with Gasteiger partial charge in [0.1, 0.15) is 0 Å². The Balaban J connectivity index is 0.00000169. The summed E-state index contributed by atoms with van der Waals surface area (Å²) in [6.45, 7) is 4.59. The second-order valence-electron chi connectivity index (χ2n) is 2.86. The van der Waals surface area contributed by atoms with E-state index in [1.54, 1.807) is 0 Å². The second kappa shape index (κ2) is 9.08. The normalized spacial score (nSPS) is 18.1. The van der Waals surface area contributed by atoms with Crippen molar-refractivity contribution in [3.8, 4) is 0 Å². The molecule has 1 fully saturated rings. The third-order valence-electron chi connectivity index (χ3n) is 1.92. The van der Waals surface area contributed by atoms with Crippen molar-refractivity contribution in [1.29, 1.82) is 0 Å². The summed E-state index contributed by atoms with van der Waals surface area (Å²) in [7, 11) is -2.67. The number of hydrogen-bond acceptors (Lipinski definition) is 5. The number of rotatable bonds is 5. The molecule has 1 heterocycles. The van der Waals surface area contributed by atoms with Crippen LogP contribution in [0.2, 0.25) is 0 Å². The summed E-state index contributed by atoms with van der Waals surface area (Å²) < 4.78 is 29.7. The third-order valence-corrected chi connectivity index (χ3v) is 2.31. The SMILES string of the molecule is O=[SH](=O)OCCCN1CCOCC1.[NaH]. The van der Waals surface area contributed by atoms with Gasteiger partial charge in [-0.2, -0.15) is 0 Å². The van der Waals surface area contributed by atoms with Gasteiger partial charge in [-0.15, -0.1) is 0 Å². The molecule has 0 aliphatic carbocycles. The van der Waals surface area contributed by atoms with E-state index in [2.05, 4.69) is 9.08 Å². The average molecular weight is 233 g/mol. The second-order valence-corrected chi connectivity index (χ2v) is 3.57. The molecule has 5 nitrogen and oxygen atoms in total. The molecule has 0 radical (unpaired) electrons. The van der Waals surface area contributed by atoms with Gasteiger partial charge in [0.05, 0.1) is 19.8 Å². The van der Waals surface area contributed by atoms with Crippen LogP contribution < -0.4 is 0 Å². The zero-order valence-electron chi connectivity index (χ0n) is 7.48. The van der Waals surface area contributed by atoms with E-state index in [-0.39, 0.29) is 36.2 Å². The van der Waals surface area contributed by atoms with Crippen molar-refractivity contribution >= 4 is 40.5 Å². The predicted octanol–water partition coefficient (Wildman–Crippen LogP) is -1.40. The van der Waals surface area contributed by atoms with Gasteiger partial charge in [-0.1, -0.05) is 0 Å². The fourth-order valence-corrected chi connectivity index (χ4v) is 1.53. The third kappa shape index (κ3) is 7.17. The van der Waals surface area contributed by atoms with E-state index in [1.807, 2.05) is 0 Å². The molecule has 0 saturated carbocycles. The maximum atomic E-state index is 10.0. The van der Waals surface area contributed by atoms with Crippen molar-refractivity contribution in [2.75, 3.05) is 39.5 Å². The van der Waals surface area contributed by atoms with Gasteiger partial charge in [-0.25, -0.2) is 8.42 Å². The van der Waals surface area contributed by atoms with Gasteiger partial charge in [-0.3, -0.25) is 9.08 Å². The Bertz CT molecular complexity index is 198. The molecule has 0 spiro atoms. The molecule has 14 heavy (non-hydrogen) atoms. The Morgan fingerprint density at radius 3 is 2.50 bits per heavy atom. The Kier molecular flexibility index (Phi) is 9.62. The van der Waals surface area contributed by atoms with E-state index in [1.165, 1.54) is 0 Å². The summed E-state index contributed by atoms with van der Waals surface area (Å²) in [5.41, 5.74) is 0.